The van der Waals surface area contributed by atoms with Crippen LogP contribution in [0.3, 0.4) is 0 Å². The van der Waals surface area contributed by atoms with Gasteiger partial charge < -0.3 is 15.0 Å². The van der Waals surface area contributed by atoms with Gasteiger partial charge in [0.15, 0.2) is 0 Å². The zero-order chi connectivity index (χ0) is 22.1. The van der Waals surface area contributed by atoms with E-state index >= 15 is 0 Å². The van der Waals surface area contributed by atoms with Crippen molar-refractivity contribution in [2.45, 2.75) is 19.1 Å². The second kappa shape index (κ2) is 8.25. The highest BCUT2D eigenvalue weighted by atomic mass is 19.3. The number of rotatable bonds is 5. The van der Waals surface area contributed by atoms with Gasteiger partial charge in [0.05, 0.1) is 30.4 Å². The minimum absolute atomic E-state index is 0.0625. The number of fused-ring (bicyclic) bond motifs is 1. The number of carbonyl (C=O) groups is 2. The number of carbonyl (C=O) groups excluding carboxylic acids is 2. The van der Waals surface area contributed by atoms with E-state index in [1.54, 1.807) is 6.07 Å². The van der Waals surface area contributed by atoms with Crippen molar-refractivity contribution < 1.29 is 27.5 Å². The molecule has 1 aromatic carbocycles. The van der Waals surface area contributed by atoms with Gasteiger partial charge in [0.2, 0.25) is 5.91 Å². The lowest BCUT2D eigenvalue weighted by molar-refractivity contribution is -0.142. The number of aromatic nitrogens is 3. The van der Waals surface area contributed by atoms with Crippen molar-refractivity contribution in [1.82, 2.24) is 25.0 Å². The van der Waals surface area contributed by atoms with Crippen LogP contribution in [0.1, 0.15) is 12.0 Å². The number of likely N-dealkylation sites (tertiary alicyclic amines) is 1. The SMILES string of the molecule is CNC(=O)OC1CN(C(=O)Cn2ncc3ncc(-c4ccc(F)c(C(F)F)c4)cc32)C1. The molecule has 3 heterocycles. The van der Waals surface area contributed by atoms with Gasteiger partial charge in [-0.05, 0) is 23.8 Å². The summed E-state index contributed by atoms with van der Waals surface area (Å²) in [7, 11) is 1.45. The fraction of sp³-hybridized carbons (Fsp3) is 0.300. The van der Waals surface area contributed by atoms with Crippen LogP contribution >= 0.6 is 0 Å². The number of halogens is 3. The highest BCUT2D eigenvalue weighted by Crippen LogP contribution is 2.29. The maximum atomic E-state index is 13.6. The first-order valence-electron chi connectivity index (χ1n) is 9.41. The van der Waals surface area contributed by atoms with Gasteiger partial charge in [-0.1, -0.05) is 6.07 Å². The van der Waals surface area contributed by atoms with Gasteiger partial charge in [-0.15, -0.1) is 0 Å². The van der Waals surface area contributed by atoms with Gasteiger partial charge in [-0.3, -0.25) is 14.5 Å². The Morgan fingerprint density at radius 1 is 1.23 bits per heavy atom. The Morgan fingerprint density at radius 2 is 2.00 bits per heavy atom. The van der Waals surface area contributed by atoms with Crippen LogP contribution in [0.25, 0.3) is 22.2 Å². The zero-order valence-corrected chi connectivity index (χ0v) is 16.4. The second-order valence-electron chi connectivity index (χ2n) is 7.04. The molecule has 0 bridgehead atoms. The van der Waals surface area contributed by atoms with Crippen molar-refractivity contribution >= 4 is 23.0 Å². The molecular formula is C20H18F3N5O3. The minimum atomic E-state index is -2.94. The average Bonchev–Trinajstić information content (AvgIpc) is 3.12. The predicted octanol–water partition coefficient (Wildman–Crippen LogP) is 2.74. The van der Waals surface area contributed by atoms with Gasteiger partial charge in [-0.2, -0.15) is 5.10 Å². The summed E-state index contributed by atoms with van der Waals surface area (Å²) in [5.74, 6) is -1.19. The summed E-state index contributed by atoms with van der Waals surface area (Å²) in [4.78, 5) is 29.5. The van der Waals surface area contributed by atoms with E-state index in [4.69, 9.17) is 4.74 Å². The van der Waals surface area contributed by atoms with Crippen LogP contribution in [0.2, 0.25) is 0 Å². The number of hydrogen-bond donors (Lipinski definition) is 1. The maximum absolute atomic E-state index is 13.6. The summed E-state index contributed by atoms with van der Waals surface area (Å²) >= 11 is 0. The quantitative estimate of drug-likeness (QED) is 0.669. The number of benzene rings is 1. The summed E-state index contributed by atoms with van der Waals surface area (Å²) in [5.41, 5.74) is 1.24. The van der Waals surface area contributed by atoms with E-state index < -0.39 is 23.9 Å². The van der Waals surface area contributed by atoms with E-state index in [1.807, 2.05) is 0 Å². The van der Waals surface area contributed by atoms with Crippen LogP contribution in [0.4, 0.5) is 18.0 Å². The lowest BCUT2D eigenvalue weighted by Gasteiger charge is -2.38. The Bertz CT molecular complexity index is 1140. The van der Waals surface area contributed by atoms with Gasteiger partial charge in [0, 0.05) is 18.8 Å². The first-order valence-corrected chi connectivity index (χ1v) is 9.41. The molecule has 0 saturated carbocycles. The van der Waals surface area contributed by atoms with Crippen molar-refractivity contribution in [3.63, 3.8) is 0 Å². The Hall–Kier alpha value is -3.63. The molecule has 2 amide bonds. The molecule has 4 rings (SSSR count). The van der Waals surface area contributed by atoms with Crippen molar-refractivity contribution in [3.8, 4) is 11.1 Å². The first-order chi connectivity index (χ1) is 14.9. The summed E-state index contributed by atoms with van der Waals surface area (Å²) in [6, 6.07) is 5.13. The molecule has 8 nitrogen and oxygen atoms in total. The van der Waals surface area contributed by atoms with E-state index in [0.717, 1.165) is 12.1 Å². The lowest BCUT2D eigenvalue weighted by atomic mass is 10.0. The van der Waals surface area contributed by atoms with Gasteiger partial charge in [0.25, 0.3) is 6.43 Å². The van der Waals surface area contributed by atoms with Crippen LogP contribution in [0.15, 0.2) is 36.7 Å². The second-order valence-corrected chi connectivity index (χ2v) is 7.04. The molecule has 1 aliphatic rings. The molecule has 11 heteroatoms. The molecule has 1 N–H and O–H groups in total. The number of nitrogens with zero attached hydrogens (tertiary/aromatic N) is 4. The van der Waals surface area contributed by atoms with Crippen LogP contribution in [0, 0.1) is 5.82 Å². The number of hydrogen-bond acceptors (Lipinski definition) is 5. The highest BCUT2D eigenvalue weighted by Gasteiger charge is 2.33. The topological polar surface area (TPSA) is 89.4 Å². The molecule has 31 heavy (non-hydrogen) atoms. The average molecular weight is 433 g/mol. The molecule has 3 aromatic rings. The van der Waals surface area contributed by atoms with Crippen LogP contribution in [-0.2, 0) is 16.1 Å². The number of ether oxygens (including phenoxy) is 1. The van der Waals surface area contributed by atoms with Crippen LogP contribution in [0.5, 0.6) is 0 Å². The number of alkyl carbamates (subject to hydrolysis) is 1. The molecule has 162 valence electrons. The van der Waals surface area contributed by atoms with E-state index in [0.29, 0.717) is 35.2 Å². The summed E-state index contributed by atoms with van der Waals surface area (Å²) in [6.45, 7) is 0.523. The molecule has 0 spiro atoms. The normalized spacial score (nSPS) is 14.0. The van der Waals surface area contributed by atoms with Gasteiger partial charge in [0.1, 0.15) is 24.0 Å². The molecular weight excluding hydrogens is 415 g/mol. The Kier molecular flexibility index (Phi) is 5.49. The molecule has 0 unspecified atom stereocenters. The predicted molar refractivity (Wildman–Crippen MR) is 104 cm³/mol. The summed E-state index contributed by atoms with van der Waals surface area (Å²) < 4.78 is 46.2. The Labute approximate surface area is 174 Å². The maximum Gasteiger partial charge on any atom is 0.407 e. The van der Waals surface area contributed by atoms with Crippen LogP contribution in [-0.4, -0.2) is 57.9 Å². The third kappa shape index (κ3) is 4.16. The molecule has 1 fully saturated rings. The lowest BCUT2D eigenvalue weighted by Crippen LogP contribution is -2.56. The third-order valence-electron chi connectivity index (χ3n) is 5.02. The van der Waals surface area contributed by atoms with Crippen molar-refractivity contribution in [1.29, 1.82) is 0 Å². The summed E-state index contributed by atoms with van der Waals surface area (Å²) in [6.07, 6.45) is -0.865. The molecule has 0 radical (unpaired) electrons. The highest BCUT2D eigenvalue weighted by molar-refractivity contribution is 5.83. The molecule has 1 saturated heterocycles. The largest absolute Gasteiger partial charge is 0.442 e. The smallest absolute Gasteiger partial charge is 0.407 e. The minimum Gasteiger partial charge on any atom is -0.442 e. The fourth-order valence-electron chi connectivity index (χ4n) is 3.29. The molecule has 1 aliphatic heterocycles. The molecule has 0 atom stereocenters. The molecule has 2 aromatic heterocycles. The molecule has 0 aliphatic carbocycles. The van der Waals surface area contributed by atoms with E-state index in [9.17, 15) is 22.8 Å². The Morgan fingerprint density at radius 3 is 2.71 bits per heavy atom. The van der Waals surface area contributed by atoms with E-state index in [2.05, 4.69) is 15.4 Å². The third-order valence-corrected chi connectivity index (χ3v) is 5.02. The van der Waals surface area contributed by atoms with Gasteiger partial charge >= 0.3 is 6.09 Å². The van der Waals surface area contributed by atoms with Crippen molar-refractivity contribution in [2.75, 3.05) is 20.1 Å². The standard InChI is InChI=1S/C20H18F3N5O3/c1-24-20(30)31-13-8-27(9-13)18(29)10-28-17-5-12(6-25-16(17)7-26-28)11-2-3-15(21)14(4-11)19(22)23/h2-7,13,19H,8-10H2,1H3,(H,24,30). The van der Waals surface area contributed by atoms with Crippen molar-refractivity contribution in [2.24, 2.45) is 0 Å². The van der Waals surface area contributed by atoms with E-state index in [-0.39, 0.29) is 18.6 Å². The zero-order valence-electron chi connectivity index (χ0n) is 16.4. The first kappa shape index (κ1) is 20.6. The fourth-order valence-corrected chi connectivity index (χ4v) is 3.29. The monoisotopic (exact) mass is 433 g/mol. The van der Waals surface area contributed by atoms with Gasteiger partial charge in [-0.25, -0.2) is 18.0 Å². The number of pyridine rings is 1. The van der Waals surface area contributed by atoms with Crippen molar-refractivity contribution in [3.05, 3.63) is 48.0 Å². The Balaban J connectivity index is 1.51. The number of nitrogens with one attached hydrogen (secondary N) is 1. The number of alkyl halides is 2. The number of amides is 2. The van der Waals surface area contributed by atoms with Crippen LogP contribution < -0.4 is 5.32 Å². The summed E-state index contributed by atoms with van der Waals surface area (Å²) in [5, 5.41) is 6.53. The van der Waals surface area contributed by atoms with E-state index in [1.165, 1.54) is 35.1 Å².